The standard InChI is InChI=1S/C14H18N2O5/c1-2-21-12-5-3-4-10(14(12)16(19)20)15-11(8-13(17)18)9-6-7-9/h3-5,9,11,15H,2,6-8H2,1H3,(H,17,18). The Labute approximate surface area is 122 Å². The Bertz CT molecular complexity index is 542. The first-order valence-corrected chi connectivity index (χ1v) is 6.91. The van der Waals surface area contributed by atoms with Crippen molar-refractivity contribution in [2.45, 2.75) is 32.2 Å². The van der Waals surface area contributed by atoms with Crippen LogP contribution in [-0.2, 0) is 4.79 Å². The van der Waals surface area contributed by atoms with E-state index in [2.05, 4.69) is 5.32 Å². The number of carbonyl (C=O) groups is 1. The van der Waals surface area contributed by atoms with Crippen LogP contribution in [0.5, 0.6) is 5.75 Å². The van der Waals surface area contributed by atoms with E-state index in [4.69, 9.17) is 9.84 Å². The summed E-state index contributed by atoms with van der Waals surface area (Å²) in [5.74, 6) is -0.461. The van der Waals surface area contributed by atoms with Gasteiger partial charge in [-0.2, -0.15) is 0 Å². The lowest BCUT2D eigenvalue weighted by atomic mass is 10.1. The van der Waals surface area contributed by atoms with E-state index >= 15 is 0 Å². The van der Waals surface area contributed by atoms with Crippen molar-refractivity contribution >= 4 is 17.3 Å². The van der Waals surface area contributed by atoms with Crippen LogP contribution in [0.1, 0.15) is 26.2 Å². The van der Waals surface area contributed by atoms with E-state index in [1.54, 1.807) is 19.1 Å². The number of hydrogen-bond acceptors (Lipinski definition) is 5. The van der Waals surface area contributed by atoms with Gasteiger partial charge < -0.3 is 15.2 Å². The molecule has 0 saturated heterocycles. The molecule has 0 amide bonds. The maximum absolute atomic E-state index is 11.3. The van der Waals surface area contributed by atoms with Gasteiger partial charge in [-0.05, 0) is 37.8 Å². The smallest absolute Gasteiger partial charge is 0.333 e. The van der Waals surface area contributed by atoms with E-state index in [0.29, 0.717) is 12.3 Å². The second-order valence-electron chi connectivity index (χ2n) is 5.03. The minimum Gasteiger partial charge on any atom is -0.487 e. The molecule has 0 aromatic heterocycles. The van der Waals surface area contributed by atoms with Crippen molar-refractivity contribution in [1.82, 2.24) is 0 Å². The number of hydrogen-bond donors (Lipinski definition) is 2. The van der Waals surface area contributed by atoms with Crippen molar-refractivity contribution in [3.05, 3.63) is 28.3 Å². The van der Waals surface area contributed by atoms with Crippen LogP contribution in [0.15, 0.2) is 18.2 Å². The van der Waals surface area contributed by atoms with Gasteiger partial charge in [0.15, 0.2) is 5.75 Å². The van der Waals surface area contributed by atoms with Crippen molar-refractivity contribution in [2.75, 3.05) is 11.9 Å². The first kappa shape index (κ1) is 15.1. The molecule has 1 saturated carbocycles. The molecule has 0 heterocycles. The number of anilines is 1. The number of carboxylic acids is 1. The monoisotopic (exact) mass is 294 g/mol. The van der Waals surface area contributed by atoms with Gasteiger partial charge in [-0.25, -0.2) is 0 Å². The highest BCUT2D eigenvalue weighted by Crippen LogP contribution is 2.40. The predicted octanol–water partition coefficient (Wildman–Crippen LogP) is 2.66. The normalized spacial score (nSPS) is 15.3. The number of nitro groups is 1. The second kappa shape index (κ2) is 6.43. The summed E-state index contributed by atoms with van der Waals surface area (Å²) in [5, 5.41) is 23.3. The number of para-hydroxylation sites is 1. The van der Waals surface area contributed by atoms with E-state index in [9.17, 15) is 14.9 Å². The maximum atomic E-state index is 11.3. The molecule has 7 nitrogen and oxygen atoms in total. The summed E-state index contributed by atoms with van der Waals surface area (Å²) >= 11 is 0. The van der Waals surface area contributed by atoms with E-state index in [1.165, 1.54) is 6.07 Å². The molecule has 114 valence electrons. The number of ether oxygens (including phenoxy) is 1. The van der Waals surface area contributed by atoms with Gasteiger partial charge in [-0.1, -0.05) is 6.07 Å². The zero-order chi connectivity index (χ0) is 15.4. The van der Waals surface area contributed by atoms with Crippen LogP contribution < -0.4 is 10.1 Å². The molecule has 1 fully saturated rings. The summed E-state index contributed by atoms with van der Waals surface area (Å²) in [6, 6.07) is 4.48. The first-order valence-electron chi connectivity index (χ1n) is 6.91. The van der Waals surface area contributed by atoms with Gasteiger partial charge in [0.05, 0.1) is 18.0 Å². The van der Waals surface area contributed by atoms with Gasteiger partial charge in [-0.15, -0.1) is 0 Å². The van der Waals surface area contributed by atoms with Gasteiger partial charge >= 0.3 is 11.7 Å². The fourth-order valence-corrected chi connectivity index (χ4v) is 2.32. The lowest BCUT2D eigenvalue weighted by molar-refractivity contribution is -0.385. The highest BCUT2D eigenvalue weighted by Gasteiger charge is 2.34. The Kier molecular flexibility index (Phi) is 4.62. The van der Waals surface area contributed by atoms with Gasteiger partial charge in [-0.3, -0.25) is 14.9 Å². The molecule has 7 heteroatoms. The molecular formula is C14H18N2O5. The Morgan fingerprint density at radius 1 is 1.57 bits per heavy atom. The summed E-state index contributed by atoms with van der Waals surface area (Å²) in [7, 11) is 0. The molecule has 1 aliphatic rings. The van der Waals surface area contributed by atoms with Crippen LogP contribution in [0.25, 0.3) is 0 Å². The topological polar surface area (TPSA) is 102 Å². The summed E-state index contributed by atoms with van der Waals surface area (Å²) in [6.45, 7) is 2.08. The second-order valence-corrected chi connectivity index (χ2v) is 5.03. The summed E-state index contributed by atoms with van der Waals surface area (Å²) in [6.07, 6.45) is 1.84. The molecule has 0 radical (unpaired) electrons. The Hall–Kier alpha value is -2.31. The third-order valence-electron chi connectivity index (χ3n) is 3.41. The lowest BCUT2D eigenvalue weighted by Gasteiger charge is -2.18. The molecule has 21 heavy (non-hydrogen) atoms. The zero-order valence-electron chi connectivity index (χ0n) is 11.7. The highest BCUT2D eigenvalue weighted by atomic mass is 16.6. The number of nitrogens with one attached hydrogen (secondary N) is 1. The number of rotatable bonds is 8. The van der Waals surface area contributed by atoms with E-state index in [-0.39, 0.29) is 29.8 Å². The van der Waals surface area contributed by atoms with Crippen LogP contribution in [0.4, 0.5) is 11.4 Å². The third kappa shape index (κ3) is 3.84. The van der Waals surface area contributed by atoms with Gasteiger partial charge in [0, 0.05) is 6.04 Å². The first-order chi connectivity index (χ1) is 10.0. The minimum atomic E-state index is -0.914. The van der Waals surface area contributed by atoms with Crippen LogP contribution >= 0.6 is 0 Å². The Morgan fingerprint density at radius 3 is 2.81 bits per heavy atom. The molecule has 1 atom stereocenters. The van der Waals surface area contributed by atoms with Crippen LogP contribution in [-0.4, -0.2) is 28.6 Å². The van der Waals surface area contributed by atoms with Crippen molar-refractivity contribution in [3.63, 3.8) is 0 Å². The lowest BCUT2D eigenvalue weighted by Crippen LogP contribution is -2.25. The number of nitro benzene ring substituents is 1. The fraction of sp³-hybridized carbons (Fsp3) is 0.500. The average Bonchev–Trinajstić information content (AvgIpc) is 3.21. The van der Waals surface area contributed by atoms with Crippen LogP contribution in [0.2, 0.25) is 0 Å². The van der Waals surface area contributed by atoms with E-state index in [0.717, 1.165) is 12.8 Å². The fourth-order valence-electron chi connectivity index (χ4n) is 2.32. The molecule has 1 aliphatic carbocycles. The molecule has 1 aromatic rings. The molecule has 0 spiro atoms. The summed E-state index contributed by atoms with van der Waals surface area (Å²) < 4.78 is 5.28. The largest absolute Gasteiger partial charge is 0.487 e. The highest BCUT2D eigenvalue weighted by molar-refractivity contribution is 5.72. The number of carboxylic acid groups (broad SMARTS) is 1. The van der Waals surface area contributed by atoms with Crippen LogP contribution in [0, 0.1) is 16.0 Å². The number of nitrogens with zero attached hydrogens (tertiary/aromatic N) is 1. The van der Waals surface area contributed by atoms with Crippen molar-refractivity contribution < 1.29 is 19.6 Å². The average molecular weight is 294 g/mol. The minimum absolute atomic E-state index is 0.0549. The Balaban J connectivity index is 2.26. The molecule has 0 bridgehead atoms. The molecule has 1 unspecified atom stereocenters. The maximum Gasteiger partial charge on any atom is 0.333 e. The quantitative estimate of drug-likeness (QED) is 0.564. The molecule has 2 N–H and O–H groups in total. The van der Waals surface area contributed by atoms with E-state index < -0.39 is 10.9 Å². The Morgan fingerprint density at radius 2 is 2.29 bits per heavy atom. The third-order valence-corrected chi connectivity index (χ3v) is 3.41. The van der Waals surface area contributed by atoms with Crippen molar-refractivity contribution in [2.24, 2.45) is 5.92 Å². The van der Waals surface area contributed by atoms with Crippen molar-refractivity contribution in [1.29, 1.82) is 0 Å². The SMILES string of the molecule is CCOc1cccc(NC(CC(=O)O)C2CC2)c1[N+](=O)[O-]. The molecule has 1 aromatic carbocycles. The predicted molar refractivity (Wildman–Crippen MR) is 76.7 cm³/mol. The van der Waals surface area contributed by atoms with Crippen LogP contribution in [0.3, 0.4) is 0 Å². The number of benzene rings is 1. The molecule has 0 aliphatic heterocycles. The van der Waals surface area contributed by atoms with Gasteiger partial charge in [0.2, 0.25) is 0 Å². The summed E-state index contributed by atoms with van der Waals surface area (Å²) in [4.78, 5) is 21.7. The molecule has 2 rings (SSSR count). The van der Waals surface area contributed by atoms with Gasteiger partial charge in [0.25, 0.3) is 0 Å². The number of aliphatic carboxylic acids is 1. The summed E-state index contributed by atoms with van der Waals surface area (Å²) in [5.41, 5.74) is 0.166. The zero-order valence-corrected chi connectivity index (χ0v) is 11.7. The molecular weight excluding hydrogens is 276 g/mol. The van der Waals surface area contributed by atoms with Crippen molar-refractivity contribution in [3.8, 4) is 5.75 Å². The van der Waals surface area contributed by atoms with Gasteiger partial charge in [0.1, 0.15) is 5.69 Å². The van der Waals surface area contributed by atoms with E-state index in [1.807, 2.05) is 0 Å².